The van der Waals surface area contributed by atoms with Crippen molar-refractivity contribution in [2.45, 2.75) is 66.2 Å². The highest BCUT2D eigenvalue weighted by atomic mass is 16.6. The van der Waals surface area contributed by atoms with E-state index >= 15 is 0 Å². The van der Waals surface area contributed by atoms with Crippen molar-refractivity contribution >= 4 is 34.4 Å². The number of terminal acetylenes is 1. The summed E-state index contributed by atoms with van der Waals surface area (Å²) in [5.74, 6) is -1.39. The SMILES string of the molecule is C#CN(C(=O)C(NC(=O)OC(C)(C)C)C(C)C)C(C(=O)Nc1ccc2ccccc2c1)c1cc(C)cc(C)c1. The molecule has 39 heavy (non-hydrogen) atoms. The number of carbonyl (C=O) groups excluding carboxylic acids is 3. The molecule has 0 aliphatic carbocycles. The van der Waals surface area contributed by atoms with Gasteiger partial charge in [0.25, 0.3) is 11.8 Å². The summed E-state index contributed by atoms with van der Waals surface area (Å²) in [7, 11) is 0. The van der Waals surface area contributed by atoms with Crippen molar-refractivity contribution in [2.24, 2.45) is 5.92 Å². The van der Waals surface area contributed by atoms with Crippen LogP contribution in [0.5, 0.6) is 0 Å². The van der Waals surface area contributed by atoms with Gasteiger partial charge in [-0.2, -0.15) is 0 Å². The zero-order valence-corrected chi connectivity index (χ0v) is 23.7. The van der Waals surface area contributed by atoms with Crippen molar-refractivity contribution in [3.8, 4) is 12.5 Å². The monoisotopic (exact) mass is 527 g/mol. The van der Waals surface area contributed by atoms with Gasteiger partial charge in [0.1, 0.15) is 17.7 Å². The highest BCUT2D eigenvalue weighted by Gasteiger charge is 2.37. The number of amides is 3. The van der Waals surface area contributed by atoms with E-state index in [2.05, 4.69) is 16.7 Å². The van der Waals surface area contributed by atoms with Crippen LogP contribution < -0.4 is 10.6 Å². The summed E-state index contributed by atoms with van der Waals surface area (Å²) in [4.78, 5) is 41.4. The molecule has 0 aromatic heterocycles. The third kappa shape index (κ3) is 7.61. The Morgan fingerprint density at radius 2 is 1.54 bits per heavy atom. The number of carbonyl (C=O) groups is 3. The van der Waals surface area contributed by atoms with Crippen LogP contribution in [0.3, 0.4) is 0 Å². The summed E-state index contributed by atoms with van der Waals surface area (Å²) in [6.07, 6.45) is 5.15. The number of hydrogen-bond acceptors (Lipinski definition) is 4. The standard InChI is InChI=1S/C32H37N3O4/c1-9-35(30(37)27(20(2)3)34-31(38)39-32(6,7)8)28(25-17-21(4)16-22(5)18-25)29(36)33-26-15-14-23-12-10-11-13-24(23)19-26/h1,10-20,27-28H,2-8H3,(H,33,36)(H,34,38). The summed E-state index contributed by atoms with van der Waals surface area (Å²) in [6, 6.07) is 19.3. The highest BCUT2D eigenvalue weighted by molar-refractivity contribution is 6.01. The van der Waals surface area contributed by atoms with E-state index in [0.29, 0.717) is 11.3 Å². The minimum absolute atomic E-state index is 0.329. The minimum atomic E-state index is -1.14. The van der Waals surface area contributed by atoms with Gasteiger partial charge in [0, 0.05) is 11.7 Å². The van der Waals surface area contributed by atoms with Crippen molar-refractivity contribution in [1.29, 1.82) is 0 Å². The molecule has 0 aliphatic heterocycles. The highest BCUT2D eigenvalue weighted by Crippen LogP contribution is 2.27. The van der Waals surface area contributed by atoms with Crippen LogP contribution in [0.25, 0.3) is 10.8 Å². The Labute approximate surface area is 230 Å². The van der Waals surface area contributed by atoms with Crippen LogP contribution in [0.2, 0.25) is 0 Å². The maximum absolute atomic E-state index is 13.9. The molecular formula is C32H37N3O4. The van der Waals surface area contributed by atoms with Crippen LogP contribution in [0.1, 0.15) is 57.4 Å². The van der Waals surface area contributed by atoms with Gasteiger partial charge in [-0.3, -0.25) is 14.5 Å². The number of anilines is 1. The Balaban J connectivity index is 2.01. The number of alkyl carbamates (subject to hydrolysis) is 1. The zero-order valence-electron chi connectivity index (χ0n) is 23.7. The van der Waals surface area contributed by atoms with E-state index in [1.54, 1.807) is 34.6 Å². The zero-order chi connectivity index (χ0) is 28.9. The first kappa shape index (κ1) is 29.2. The maximum atomic E-state index is 13.9. The Hall–Kier alpha value is -4.31. The summed E-state index contributed by atoms with van der Waals surface area (Å²) < 4.78 is 5.37. The van der Waals surface area contributed by atoms with E-state index in [4.69, 9.17) is 11.2 Å². The topological polar surface area (TPSA) is 87.7 Å². The Bertz CT molecular complexity index is 1390. The predicted octanol–water partition coefficient (Wildman–Crippen LogP) is 6.11. The van der Waals surface area contributed by atoms with Crippen LogP contribution in [-0.4, -0.2) is 34.5 Å². The first-order valence-corrected chi connectivity index (χ1v) is 13.0. The fourth-order valence-electron chi connectivity index (χ4n) is 4.43. The van der Waals surface area contributed by atoms with E-state index in [9.17, 15) is 14.4 Å². The summed E-state index contributed by atoms with van der Waals surface area (Å²) in [5.41, 5.74) is 2.24. The second kappa shape index (κ2) is 12.0. The molecule has 0 heterocycles. The van der Waals surface area contributed by atoms with Gasteiger partial charge < -0.3 is 15.4 Å². The van der Waals surface area contributed by atoms with Gasteiger partial charge in [0.2, 0.25) is 0 Å². The second-order valence-corrected chi connectivity index (χ2v) is 11.1. The minimum Gasteiger partial charge on any atom is -0.444 e. The molecule has 3 aromatic rings. The quantitative estimate of drug-likeness (QED) is 0.287. The van der Waals surface area contributed by atoms with E-state index < -0.39 is 35.6 Å². The summed E-state index contributed by atoms with van der Waals surface area (Å²) in [6.45, 7) is 12.6. The third-order valence-corrected chi connectivity index (χ3v) is 6.06. The lowest BCUT2D eigenvalue weighted by molar-refractivity contribution is -0.137. The molecule has 0 radical (unpaired) electrons. The molecule has 0 fully saturated rings. The fourth-order valence-corrected chi connectivity index (χ4v) is 4.43. The summed E-state index contributed by atoms with van der Waals surface area (Å²) >= 11 is 0. The average Bonchev–Trinajstić information content (AvgIpc) is 2.83. The van der Waals surface area contributed by atoms with Crippen LogP contribution in [-0.2, 0) is 14.3 Å². The van der Waals surface area contributed by atoms with Gasteiger partial charge >= 0.3 is 6.09 Å². The fraction of sp³-hybridized carbons (Fsp3) is 0.344. The molecule has 7 nitrogen and oxygen atoms in total. The van der Waals surface area contributed by atoms with Crippen molar-refractivity contribution in [1.82, 2.24) is 10.2 Å². The van der Waals surface area contributed by atoms with Crippen molar-refractivity contribution in [2.75, 3.05) is 5.32 Å². The van der Waals surface area contributed by atoms with Crippen LogP contribution in [0.4, 0.5) is 10.5 Å². The molecule has 0 saturated heterocycles. The average molecular weight is 528 g/mol. The van der Waals surface area contributed by atoms with Crippen LogP contribution in [0.15, 0.2) is 60.7 Å². The lowest BCUT2D eigenvalue weighted by Gasteiger charge is -2.32. The molecule has 7 heteroatoms. The number of ether oxygens (including phenoxy) is 1. The lowest BCUT2D eigenvalue weighted by atomic mass is 9.97. The van der Waals surface area contributed by atoms with Gasteiger partial charge in [-0.05, 0) is 69.0 Å². The smallest absolute Gasteiger partial charge is 0.408 e. The molecular weight excluding hydrogens is 490 g/mol. The molecule has 0 bridgehead atoms. The van der Waals surface area contributed by atoms with E-state index in [0.717, 1.165) is 26.8 Å². The van der Waals surface area contributed by atoms with E-state index in [1.165, 1.54) is 0 Å². The number of fused-ring (bicyclic) bond motifs is 1. The van der Waals surface area contributed by atoms with Gasteiger partial charge in [0.15, 0.2) is 0 Å². The van der Waals surface area contributed by atoms with E-state index in [-0.39, 0.29) is 5.92 Å². The number of rotatable bonds is 7. The van der Waals surface area contributed by atoms with Gasteiger partial charge in [-0.1, -0.05) is 79.9 Å². The lowest BCUT2D eigenvalue weighted by Crippen LogP contribution is -2.53. The van der Waals surface area contributed by atoms with Crippen LogP contribution in [0, 0.1) is 32.2 Å². The molecule has 2 atom stereocenters. The van der Waals surface area contributed by atoms with Gasteiger partial charge in [0.05, 0.1) is 0 Å². The molecule has 0 aliphatic rings. The molecule has 2 N–H and O–H groups in total. The largest absolute Gasteiger partial charge is 0.444 e. The molecule has 3 aromatic carbocycles. The Kier molecular flexibility index (Phi) is 9.03. The number of benzene rings is 3. The second-order valence-electron chi connectivity index (χ2n) is 11.1. The Morgan fingerprint density at radius 1 is 0.923 bits per heavy atom. The van der Waals surface area contributed by atoms with E-state index in [1.807, 2.05) is 74.5 Å². The maximum Gasteiger partial charge on any atom is 0.408 e. The molecule has 3 amide bonds. The molecule has 204 valence electrons. The van der Waals surface area contributed by atoms with Gasteiger partial charge in [-0.25, -0.2) is 4.79 Å². The first-order valence-electron chi connectivity index (χ1n) is 13.0. The number of hydrogen-bond donors (Lipinski definition) is 2. The van der Waals surface area contributed by atoms with Crippen molar-refractivity contribution in [3.05, 3.63) is 77.4 Å². The molecule has 0 spiro atoms. The molecule has 0 saturated carbocycles. The van der Waals surface area contributed by atoms with Crippen LogP contribution >= 0.6 is 0 Å². The Morgan fingerprint density at radius 3 is 2.10 bits per heavy atom. The molecule has 3 rings (SSSR count). The van der Waals surface area contributed by atoms with Gasteiger partial charge in [-0.15, -0.1) is 0 Å². The molecule has 2 unspecified atom stereocenters. The van der Waals surface area contributed by atoms with Crippen molar-refractivity contribution < 1.29 is 19.1 Å². The number of nitrogens with zero attached hydrogens (tertiary/aromatic N) is 1. The predicted molar refractivity (Wildman–Crippen MR) is 155 cm³/mol. The first-order chi connectivity index (χ1) is 18.3. The normalized spacial score (nSPS) is 12.8. The number of aryl methyl sites for hydroxylation is 2. The number of nitrogens with one attached hydrogen (secondary N) is 2. The summed E-state index contributed by atoms with van der Waals surface area (Å²) in [5, 5.41) is 7.59. The third-order valence-electron chi connectivity index (χ3n) is 6.06. The van der Waals surface area contributed by atoms with Crippen molar-refractivity contribution in [3.63, 3.8) is 0 Å².